The summed E-state index contributed by atoms with van der Waals surface area (Å²) in [6.45, 7) is 4.92. The van der Waals surface area contributed by atoms with Crippen molar-refractivity contribution in [2.75, 3.05) is 12.3 Å². The zero-order chi connectivity index (χ0) is 20.6. The number of hydrogen-bond donors (Lipinski definition) is 2. The molecule has 3 N–H and O–H groups in total. The molecule has 2 aromatic carbocycles. The van der Waals surface area contributed by atoms with Gasteiger partial charge in [-0.25, -0.2) is 4.79 Å². The standard InChI is InChI=1S/C21H20N2O5/c1-21(2,3)23-15(24)10-28-20(27)14-9-8-13-16(17(14)22)19(26)12-7-5-4-6-11(12)18(13)25/h4-9H,10,22H2,1-3H3,(H,23,24). The molecule has 28 heavy (non-hydrogen) atoms. The highest BCUT2D eigenvalue weighted by atomic mass is 16.5. The van der Waals surface area contributed by atoms with E-state index >= 15 is 0 Å². The van der Waals surface area contributed by atoms with Crippen LogP contribution in [-0.4, -0.2) is 35.6 Å². The zero-order valence-corrected chi connectivity index (χ0v) is 15.8. The van der Waals surface area contributed by atoms with E-state index < -0.39 is 29.8 Å². The predicted octanol–water partition coefficient (Wildman–Crippen LogP) is 2.12. The number of esters is 1. The number of rotatable bonds is 3. The first-order chi connectivity index (χ1) is 13.1. The third-order valence-electron chi connectivity index (χ3n) is 4.20. The van der Waals surface area contributed by atoms with E-state index in [0.29, 0.717) is 5.56 Å². The van der Waals surface area contributed by atoms with Crippen molar-refractivity contribution >= 4 is 29.1 Å². The van der Waals surface area contributed by atoms with E-state index in [2.05, 4.69) is 5.32 Å². The van der Waals surface area contributed by atoms with Gasteiger partial charge in [-0.15, -0.1) is 0 Å². The normalized spacial score (nSPS) is 12.8. The number of amides is 1. The fraction of sp³-hybridized carbons (Fsp3) is 0.238. The molecule has 7 heteroatoms. The predicted molar refractivity (Wildman–Crippen MR) is 102 cm³/mol. The maximum absolute atomic E-state index is 12.8. The lowest BCUT2D eigenvalue weighted by molar-refractivity contribution is -0.125. The SMILES string of the molecule is CC(C)(C)NC(=O)COC(=O)c1ccc2c(c1N)C(=O)c1ccccc1C2=O. The van der Waals surface area contributed by atoms with Crippen molar-refractivity contribution in [3.8, 4) is 0 Å². The van der Waals surface area contributed by atoms with Crippen LogP contribution in [-0.2, 0) is 9.53 Å². The van der Waals surface area contributed by atoms with Gasteiger partial charge >= 0.3 is 5.97 Å². The topological polar surface area (TPSA) is 116 Å². The van der Waals surface area contributed by atoms with Gasteiger partial charge in [0.05, 0.1) is 16.8 Å². The number of nitrogen functional groups attached to an aromatic ring is 1. The van der Waals surface area contributed by atoms with E-state index in [1.165, 1.54) is 12.1 Å². The Kier molecular flexibility index (Phi) is 4.77. The second-order valence-corrected chi connectivity index (χ2v) is 7.53. The number of hydrogen-bond acceptors (Lipinski definition) is 6. The van der Waals surface area contributed by atoms with Crippen LogP contribution < -0.4 is 11.1 Å². The summed E-state index contributed by atoms with van der Waals surface area (Å²) in [5.41, 5.74) is 6.05. The Morgan fingerprint density at radius 2 is 1.57 bits per heavy atom. The molecular weight excluding hydrogens is 360 g/mol. The lowest BCUT2D eigenvalue weighted by Crippen LogP contribution is -2.42. The molecule has 3 rings (SSSR count). The second-order valence-electron chi connectivity index (χ2n) is 7.53. The first kappa shape index (κ1) is 19.3. The minimum Gasteiger partial charge on any atom is -0.452 e. The Morgan fingerprint density at radius 1 is 0.964 bits per heavy atom. The quantitative estimate of drug-likeness (QED) is 0.531. The van der Waals surface area contributed by atoms with Crippen molar-refractivity contribution in [3.05, 3.63) is 64.2 Å². The molecule has 1 aliphatic carbocycles. The molecule has 1 amide bonds. The summed E-state index contributed by atoms with van der Waals surface area (Å²) in [5.74, 6) is -2.06. The van der Waals surface area contributed by atoms with Gasteiger partial charge in [-0.05, 0) is 32.9 Å². The molecule has 144 valence electrons. The first-order valence-corrected chi connectivity index (χ1v) is 8.69. The number of anilines is 1. The lowest BCUT2D eigenvalue weighted by atomic mass is 9.82. The maximum Gasteiger partial charge on any atom is 0.340 e. The summed E-state index contributed by atoms with van der Waals surface area (Å²) >= 11 is 0. The zero-order valence-electron chi connectivity index (χ0n) is 15.8. The molecule has 0 aliphatic heterocycles. The highest BCUT2D eigenvalue weighted by molar-refractivity contribution is 6.30. The smallest absolute Gasteiger partial charge is 0.340 e. The minimum absolute atomic E-state index is 0.0164. The summed E-state index contributed by atoms with van der Waals surface area (Å²) in [5, 5.41) is 2.67. The van der Waals surface area contributed by atoms with Crippen LogP contribution in [0.2, 0.25) is 0 Å². The van der Waals surface area contributed by atoms with Gasteiger partial charge in [0.1, 0.15) is 0 Å². The van der Waals surface area contributed by atoms with Crippen LogP contribution in [0.15, 0.2) is 36.4 Å². The number of carbonyl (C=O) groups excluding carboxylic acids is 4. The van der Waals surface area contributed by atoms with Crippen molar-refractivity contribution in [2.24, 2.45) is 0 Å². The van der Waals surface area contributed by atoms with E-state index in [9.17, 15) is 19.2 Å². The number of ketones is 2. The highest BCUT2D eigenvalue weighted by Gasteiger charge is 2.33. The molecule has 7 nitrogen and oxygen atoms in total. The van der Waals surface area contributed by atoms with E-state index in [0.717, 1.165) is 0 Å². The maximum atomic E-state index is 12.8. The van der Waals surface area contributed by atoms with Gasteiger partial charge in [0.25, 0.3) is 5.91 Å². The Labute approximate surface area is 161 Å². The Balaban J connectivity index is 1.88. The number of nitrogens with two attached hydrogens (primary N) is 1. The summed E-state index contributed by atoms with van der Waals surface area (Å²) in [6.07, 6.45) is 0. The number of fused-ring (bicyclic) bond motifs is 2. The van der Waals surface area contributed by atoms with E-state index in [4.69, 9.17) is 10.5 Å². The number of benzene rings is 2. The van der Waals surface area contributed by atoms with Gasteiger partial charge in [-0.2, -0.15) is 0 Å². The fourth-order valence-corrected chi connectivity index (χ4v) is 3.05. The molecule has 0 saturated heterocycles. The van der Waals surface area contributed by atoms with Crippen LogP contribution in [0.4, 0.5) is 5.69 Å². The van der Waals surface area contributed by atoms with Crippen molar-refractivity contribution in [2.45, 2.75) is 26.3 Å². The van der Waals surface area contributed by atoms with E-state index in [1.807, 2.05) is 0 Å². The molecule has 0 heterocycles. The lowest BCUT2D eigenvalue weighted by Gasteiger charge is -2.21. The summed E-state index contributed by atoms with van der Waals surface area (Å²) in [7, 11) is 0. The Bertz CT molecular complexity index is 1020. The Hall–Kier alpha value is -3.48. The third kappa shape index (κ3) is 3.51. The third-order valence-corrected chi connectivity index (χ3v) is 4.20. The average Bonchev–Trinajstić information content (AvgIpc) is 2.62. The molecule has 0 saturated carbocycles. The molecule has 0 bridgehead atoms. The van der Waals surface area contributed by atoms with Gasteiger partial charge in [0, 0.05) is 22.2 Å². The molecule has 0 unspecified atom stereocenters. The molecule has 0 fully saturated rings. The van der Waals surface area contributed by atoms with Crippen molar-refractivity contribution in [3.63, 3.8) is 0 Å². The molecule has 0 spiro atoms. The van der Waals surface area contributed by atoms with E-state index in [1.54, 1.807) is 45.0 Å². The largest absolute Gasteiger partial charge is 0.452 e. The monoisotopic (exact) mass is 380 g/mol. The van der Waals surface area contributed by atoms with Gasteiger partial charge in [0.15, 0.2) is 18.2 Å². The summed E-state index contributed by atoms with van der Waals surface area (Å²) in [6, 6.07) is 9.15. The molecular formula is C21H20N2O5. The van der Waals surface area contributed by atoms with Crippen molar-refractivity contribution < 1.29 is 23.9 Å². The van der Waals surface area contributed by atoms with Crippen LogP contribution in [0.25, 0.3) is 0 Å². The van der Waals surface area contributed by atoms with Crippen LogP contribution in [0.3, 0.4) is 0 Å². The van der Waals surface area contributed by atoms with Crippen LogP contribution in [0.5, 0.6) is 0 Å². The minimum atomic E-state index is -0.844. The van der Waals surface area contributed by atoms with Gasteiger partial charge in [0.2, 0.25) is 0 Å². The van der Waals surface area contributed by atoms with Gasteiger partial charge < -0.3 is 15.8 Å². The molecule has 0 aromatic heterocycles. The number of nitrogens with one attached hydrogen (secondary N) is 1. The van der Waals surface area contributed by atoms with Gasteiger partial charge in [-0.3, -0.25) is 14.4 Å². The van der Waals surface area contributed by atoms with Crippen molar-refractivity contribution in [1.29, 1.82) is 0 Å². The van der Waals surface area contributed by atoms with E-state index in [-0.39, 0.29) is 33.7 Å². The molecule has 0 radical (unpaired) electrons. The van der Waals surface area contributed by atoms with Crippen molar-refractivity contribution in [1.82, 2.24) is 5.32 Å². The highest BCUT2D eigenvalue weighted by Crippen LogP contribution is 2.32. The molecule has 0 atom stereocenters. The number of carbonyl (C=O) groups is 4. The fourth-order valence-electron chi connectivity index (χ4n) is 3.05. The van der Waals surface area contributed by atoms with Crippen LogP contribution >= 0.6 is 0 Å². The second kappa shape index (κ2) is 6.92. The molecule has 1 aliphatic rings. The first-order valence-electron chi connectivity index (χ1n) is 8.69. The molecule has 2 aromatic rings. The number of ether oxygens (including phenoxy) is 1. The van der Waals surface area contributed by atoms with Crippen LogP contribution in [0, 0.1) is 0 Å². The summed E-state index contributed by atoms with van der Waals surface area (Å²) in [4.78, 5) is 49.7. The average molecular weight is 380 g/mol. The van der Waals surface area contributed by atoms with Gasteiger partial charge in [-0.1, -0.05) is 24.3 Å². The summed E-state index contributed by atoms with van der Waals surface area (Å²) < 4.78 is 5.01. The Morgan fingerprint density at radius 3 is 2.18 bits per heavy atom. The van der Waals surface area contributed by atoms with Crippen LogP contribution in [0.1, 0.15) is 63.0 Å².